The third kappa shape index (κ3) is 3.60. The first-order chi connectivity index (χ1) is 9.60. The van der Waals surface area contributed by atoms with Gasteiger partial charge in [-0.25, -0.2) is 4.98 Å². The van der Waals surface area contributed by atoms with E-state index >= 15 is 0 Å². The number of thioether (sulfide) groups is 1. The predicted octanol–water partition coefficient (Wildman–Crippen LogP) is 2.71. The Balaban J connectivity index is 1.91. The number of aromatic amines is 1. The molecule has 1 aromatic heterocycles. The van der Waals surface area contributed by atoms with E-state index in [2.05, 4.69) is 20.5 Å². The fourth-order valence-electron chi connectivity index (χ4n) is 1.70. The summed E-state index contributed by atoms with van der Waals surface area (Å²) < 4.78 is 0. The summed E-state index contributed by atoms with van der Waals surface area (Å²) in [5.74, 6) is 1.09. The number of H-pyrrole nitrogens is 1. The van der Waals surface area contributed by atoms with E-state index in [9.17, 15) is 4.79 Å². The molecule has 1 heterocycles. The molecular formula is C14H18N4OS. The standard InChI is InChI=1S/C14H18N4OS/c1-4-12-16-14(18-17-12)20-8-13(19)15-11-7-5-6-9(2)10(11)3/h5-7H,4,8H2,1-3H3,(H,15,19)(H,16,17,18). The molecule has 6 heteroatoms. The first-order valence-corrected chi connectivity index (χ1v) is 7.49. The number of nitrogens with one attached hydrogen (secondary N) is 2. The molecule has 106 valence electrons. The fraction of sp³-hybridized carbons (Fsp3) is 0.357. The Hall–Kier alpha value is -1.82. The Morgan fingerprint density at radius 1 is 1.40 bits per heavy atom. The molecule has 1 aromatic carbocycles. The summed E-state index contributed by atoms with van der Waals surface area (Å²) in [5.41, 5.74) is 3.12. The maximum absolute atomic E-state index is 11.9. The Labute approximate surface area is 122 Å². The van der Waals surface area contributed by atoms with Crippen LogP contribution in [0.4, 0.5) is 5.69 Å². The van der Waals surface area contributed by atoms with E-state index in [0.717, 1.165) is 29.1 Å². The smallest absolute Gasteiger partial charge is 0.234 e. The lowest BCUT2D eigenvalue weighted by Crippen LogP contribution is -2.15. The molecule has 2 aromatic rings. The van der Waals surface area contributed by atoms with Crippen LogP contribution in [0.2, 0.25) is 0 Å². The molecule has 0 atom stereocenters. The van der Waals surface area contributed by atoms with Gasteiger partial charge in [0.2, 0.25) is 11.1 Å². The minimum Gasteiger partial charge on any atom is -0.325 e. The van der Waals surface area contributed by atoms with Crippen LogP contribution in [-0.2, 0) is 11.2 Å². The van der Waals surface area contributed by atoms with Crippen molar-refractivity contribution >= 4 is 23.4 Å². The Kier molecular flexibility index (Phi) is 4.79. The van der Waals surface area contributed by atoms with Gasteiger partial charge in [-0.3, -0.25) is 9.89 Å². The van der Waals surface area contributed by atoms with Gasteiger partial charge in [-0.05, 0) is 31.0 Å². The van der Waals surface area contributed by atoms with Crippen molar-refractivity contribution in [3.8, 4) is 0 Å². The lowest BCUT2D eigenvalue weighted by molar-refractivity contribution is -0.113. The Bertz CT molecular complexity index is 609. The van der Waals surface area contributed by atoms with Crippen molar-refractivity contribution < 1.29 is 4.79 Å². The van der Waals surface area contributed by atoms with Gasteiger partial charge in [-0.2, -0.15) is 0 Å². The topological polar surface area (TPSA) is 70.7 Å². The molecule has 20 heavy (non-hydrogen) atoms. The lowest BCUT2D eigenvalue weighted by atomic mass is 10.1. The van der Waals surface area contributed by atoms with Crippen LogP contribution in [0.3, 0.4) is 0 Å². The van der Waals surface area contributed by atoms with Crippen LogP contribution in [0.1, 0.15) is 23.9 Å². The lowest BCUT2D eigenvalue weighted by Gasteiger charge is -2.09. The number of benzene rings is 1. The van der Waals surface area contributed by atoms with Crippen molar-refractivity contribution in [2.75, 3.05) is 11.1 Å². The van der Waals surface area contributed by atoms with Crippen LogP contribution in [0.15, 0.2) is 23.4 Å². The summed E-state index contributed by atoms with van der Waals surface area (Å²) in [5, 5.41) is 10.4. The van der Waals surface area contributed by atoms with Crippen molar-refractivity contribution in [3.05, 3.63) is 35.2 Å². The average molecular weight is 290 g/mol. The van der Waals surface area contributed by atoms with Crippen molar-refractivity contribution in [2.45, 2.75) is 32.3 Å². The average Bonchev–Trinajstić information content (AvgIpc) is 2.90. The van der Waals surface area contributed by atoms with E-state index in [1.165, 1.54) is 11.8 Å². The van der Waals surface area contributed by atoms with Crippen LogP contribution < -0.4 is 5.32 Å². The van der Waals surface area contributed by atoms with E-state index in [4.69, 9.17) is 0 Å². The molecule has 0 saturated heterocycles. The molecule has 0 fully saturated rings. The highest BCUT2D eigenvalue weighted by Gasteiger charge is 2.09. The van der Waals surface area contributed by atoms with Crippen molar-refractivity contribution in [1.82, 2.24) is 15.2 Å². The van der Waals surface area contributed by atoms with E-state index in [1.807, 2.05) is 39.0 Å². The molecule has 0 aliphatic heterocycles. The quantitative estimate of drug-likeness (QED) is 0.831. The van der Waals surface area contributed by atoms with Gasteiger partial charge < -0.3 is 5.32 Å². The molecule has 0 aliphatic carbocycles. The Morgan fingerprint density at radius 2 is 2.20 bits per heavy atom. The zero-order chi connectivity index (χ0) is 14.5. The molecule has 5 nitrogen and oxygen atoms in total. The minimum absolute atomic E-state index is 0.0495. The third-order valence-electron chi connectivity index (χ3n) is 3.06. The summed E-state index contributed by atoms with van der Waals surface area (Å²) in [4.78, 5) is 16.2. The minimum atomic E-state index is -0.0495. The highest BCUT2D eigenvalue weighted by molar-refractivity contribution is 7.99. The summed E-state index contributed by atoms with van der Waals surface area (Å²) in [6.45, 7) is 6.03. The number of carbonyl (C=O) groups excluding carboxylic acids is 1. The van der Waals surface area contributed by atoms with Crippen LogP contribution in [0.25, 0.3) is 0 Å². The van der Waals surface area contributed by atoms with Gasteiger partial charge in [-0.1, -0.05) is 30.8 Å². The highest BCUT2D eigenvalue weighted by atomic mass is 32.2. The van der Waals surface area contributed by atoms with Gasteiger partial charge in [0.05, 0.1) is 5.75 Å². The van der Waals surface area contributed by atoms with E-state index in [1.54, 1.807) is 0 Å². The molecule has 0 radical (unpaired) electrons. The monoisotopic (exact) mass is 290 g/mol. The van der Waals surface area contributed by atoms with Crippen molar-refractivity contribution in [2.24, 2.45) is 0 Å². The third-order valence-corrected chi connectivity index (χ3v) is 3.90. The normalized spacial score (nSPS) is 10.6. The molecule has 2 N–H and O–H groups in total. The van der Waals surface area contributed by atoms with Crippen LogP contribution in [0.5, 0.6) is 0 Å². The number of nitrogens with zero attached hydrogens (tertiary/aromatic N) is 2. The molecule has 0 bridgehead atoms. The van der Waals surface area contributed by atoms with E-state index in [0.29, 0.717) is 10.9 Å². The molecule has 0 spiro atoms. The summed E-state index contributed by atoms with van der Waals surface area (Å²) >= 11 is 1.33. The van der Waals surface area contributed by atoms with Crippen LogP contribution in [-0.4, -0.2) is 26.8 Å². The highest BCUT2D eigenvalue weighted by Crippen LogP contribution is 2.19. The SMILES string of the molecule is CCc1nc(SCC(=O)Nc2cccc(C)c2C)n[nH]1. The van der Waals surface area contributed by atoms with Crippen molar-refractivity contribution in [1.29, 1.82) is 0 Å². The number of carbonyl (C=O) groups is 1. The van der Waals surface area contributed by atoms with Gasteiger partial charge in [0.1, 0.15) is 5.82 Å². The Morgan fingerprint density at radius 3 is 2.90 bits per heavy atom. The maximum Gasteiger partial charge on any atom is 0.234 e. The number of rotatable bonds is 5. The summed E-state index contributed by atoms with van der Waals surface area (Å²) in [7, 11) is 0. The van der Waals surface area contributed by atoms with Crippen LogP contribution >= 0.6 is 11.8 Å². The van der Waals surface area contributed by atoms with Crippen LogP contribution in [0, 0.1) is 13.8 Å². The predicted molar refractivity (Wildman–Crippen MR) is 81.0 cm³/mol. The van der Waals surface area contributed by atoms with Gasteiger partial charge >= 0.3 is 0 Å². The van der Waals surface area contributed by atoms with Gasteiger partial charge in [0.15, 0.2) is 0 Å². The van der Waals surface area contributed by atoms with E-state index in [-0.39, 0.29) is 5.91 Å². The maximum atomic E-state index is 11.9. The largest absolute Gasteiger partial charge is 0.325 e. The molecule has 1 amide bonds. The fourth-order valence-corrected chi connectivity index (χ4v) is 2.32. The van der Waals surface area contributed by atoms with Gasteiger partial charge in [-0.15, -0.1) is 5.10 Å². The second-order valence-corrected chi connectivity index (χ2v) is 5.45. The second-order valence-electron chi connectivity index (χ2n) is 4.50. The second kappa shape index (κ2) is 6.56. The summed E-state index contributed by atoms with van der Waals surface area (Å²) in [6.07, 6.45) is 0.808. The zero-order valence-corrected chi connectivity index (χ0v) is 12.7. The zero-order valence-electron chi connectivity index (χ0n) is 11.9. The van der Waals surface area contributed by atoms with E-state index < -0.39 is 0 Å². The van der Waals surface area contributed by atoms with Crippen molar-refractivity contribution in [3.63, 3.8) is 0 Å². The summed E-state index contributed by atoms with van der Waals surface area (Å²) in [6, 6.07) is 5.88. The molecular weight excluding hydrogens is 272 g/mol. The number of anilines is 1. The molecule has 2 rings (SSSR count). The first kappa shape index (κ1) is 14.6. The molecule has 0 aliphatic rings. The number of hydrogen-bond acceptors (Lipinski definition) is 4. The number of hydrogen-bond donors (Lipinski definition) is 2. The molecule has 0 unspecified atom stereocenters. The van der Waals surface area contributed by atoms with Gasteiger partial charge in [0, 0.05) is 12.1 Å². The number of aryl methyl sites for hydroxylation is 2. The molecule has 0 saturated carbocycles. The number of amides is 1. The van der Waals surface area contributed by atoms with Gasteiger partial charge in [0.25, 0.3) is 0 Å². The number of aromatic nitrogens is 3. The first-order valence-electron chi connectivity index (χ1n) is 6.50.